The van der Waals surface area contributed by atoms with Gasteiger partial charge in [0, 0.05) is 19.3 Å². The molecular weight excluding hydrogens is 268 g/mol. The predicted molar refractivity (Wildman–Crippen MR) is 61.5 cm³/mol. The number of hydrogen-bond acceptors (Lipinski definition) is 4. The zero-order valence-corrected chi connectivity index (χ0v) is 10.3. The van der Waals surface area contributed by atoms with E-state index in [-0.39, 0.29) is 23.0 Å². The summed E-state index contributed by atoms with van der Waals surface area (Å²) in [5.74, 6) is 0. The lowest BCUT2D eigenvalue weighted by Gasteiger charge is -2.15. The minimum Gasteiger partial charge on any atom is -0.392 e. The number of nitrogens with zero attached hydrogens (tertiary/aromatic N) is 1. The van der Waals surface area contributed by atoms with Gasteiger partial charge in [0.2, 0.25) is 10.0 Å². The second-order valence-corrected chi connectivity index (χ2v) is 6.16. The first kappa shape index (κ1) is 12.6. The summed E-state index contributed by atoms with van der Waals surface area (Å²) in [6.45, 7) is 0.333. The van der Waals surface area contributed by atoms with Crippen molar-refractivity contribution in [2.45, 2.75) is 17.4 Å². The Labute approximate surface area is 103 Å². The quantitative estimate of drug-likeness (QED) is 0.783. The highest BCUT2D eigenvalue weighted by molar-refractivity contribution is 7.89. The van der Waals surface area contributed by atoms with Crippen molar-refractivity contribution in [3.05, 3.63) is 27.6 Å². The number of nitrogens with one attached hydrogen (secondary N) is 1. The molecule has 0 saturated carbocycles. The minimum absolute atomic E-state index is 0.0685. The van der Waals surface area contributed by atoms with Gasteiger partial charge in [-0.1, -0.05) is 11.6 Å². The number of aromatic amines is 1. The van der Waals surface area contributed by atoms with E-state index in [1.807, 2.05) is 0 Å². The van der Waals surface area contributed by atoms with Crippen LogP contribution in [0.25, 0.3) is 0 Å². The van der Waals surface area contributed by atoms with E-state index in [9.17, 15) is 18.3 Å². The largest absolute Gasteiger partial charge is 0.392 e. The number of aliphatic hydroxyl groups excluding tert-OH is 1. The molecule has 1 saturated heterocycles. The molecule has 0 amide bonds. The number of sulfonamides is 1. The fourth-order valence-corrected chi connectivity index (χ4v) is 3.39. The number of rotatable bonds is 2. The summed E-state index contributed by atoms with van der Waals surface area (Å²) >= 11 is 5.58. The van der Waals surface area contributed by atoms with Crippen LogP contribution in [0, 0.1) is 0 Å². The highest BCUT2D eigenvalue weighted by Crippen LogP contribution is 2.21. The Kier molecular flexibility index (Phi) is 3.26. The summed E-state index contributed by atoms with van der Waals surface area (Å²) in [6, 6.07) is 1.11. The van der Waals surface area contributed by atoms with Crippen LogP contribution in [0.2, 0.25) is 5.02 Å². The molecule has 6 nitrogen and oxygen atoms in total. The van der Waals surface area contributed by atoms with Crippen molar-refractivity contribution in [3.63, 3.8) is 0 Å². The first-order chi connectivity index (χ1) is 7.91. The molecule has 1 aromatic heterocycles. The normalized spacial score (nSPS) is 21.9. The Bertz CT molecular complexity index is 583. The molecule has 94 valence electrons. The molecule has 1 atom stereocenters. The number of aromatic nitrogens is 1. The average molecular weight is 279 g/mol. The maximum Gasteiger partial charge on any atom is 0.266 e. The van der Waals surface area contributed by atoms with Crippen LogP contribution in [0.1, 0.15) is 6.42 Å². The molecule has 0 bridgehead atoms. The van der Waals surface area contributed by atoms with Crippen LogP contribution >= 0.6 is 11.6 Å². The summed E-state index contributed by atoms with van der Waals surface area (Å²) < 4.78 is 25.3. The summed E-state index contributed by atoms with van der Waals surface area (Å²) in [5.41, 5.74) is -0.535. The van der Waals surface area contributed by atoms with Gasteiger partial charge in [0.05, 0.1) is 11.0 Å². The second kappa shape index (κ2) is 4.41. The number of halogens is 1. The third-order valence-corrected chi connectivity index (χ3v) is 4.72. The molecule has 17 heavy (non-hydrogen) atoms. The molecule has 1 fully saturated rings. The van der Waals surface area contributed by atoms with Gasteiger partial charge in [0.1, 0.15) is 5.02 Å². The molecule has 2 N–H and O–H groups in total. The van der Waals surface area contributed by atoms with E-state index in [1.54, 1.807) is 0 Å². The van der Waals surface area contributed by atoms with Gasteiger partial charge in [-0.05, 0) is 12.5 Å². The van der Waals surface area contributed by atoms with E-state index in [0.717, 1.165) is 12.3 Å². The molecule has 8 heteroatoms. The maximum atomic E-state index is 12.1. The molecule has 1 aliphatic rings. The van der Waals surface area contributed by atoms with Gasteiger partial charge in [-0.15, -0.1) is 0 Å². The van der Waals surface area contributed by atoms with Gasteiger partial charge in [-0.2, -0.15) is 4.31 Å². The molecule has 1 aromatic rings. The summed E-state index contributed by atoms with van der Waals surface area (Å²) in [4.78, 5) is 13.2. The lowest BCUT2D eigenvalue weighted by molar-refractivity contribution is 0.189. The van der Waals surface area contributed by atoms with Crippen molar-refractivity contribution in [3.8, 4) is 0 Å². The molecule has 1 aliphatic heterocycles. The SMILES string of the molecule is O=c1[nH]cc(S(=O)(=O)N2CC[C@H](O)C2)cc1Cl. The van der Waals surface area contributed by atoms with E-state index in [4.69, 9.17) is 11.6 Å². The van der Waals surface area contributed by atoms with Crippen LogP contribution in [0.5, 0.6) is 0 Å². The number of aliphatic hydroxyl groups is 1. The maximum absolute atomic E-state index is 12.1. The number of hydrogen-bond donors (Lipinski definition) is 2. The number of β-amino-alcohol motifs (C(OH)–C–C–N with tert-alkyl or cyclic N) is 1. The van der Waals surface area contributed by atoms with Crippen LogP contribution in [-0.4, -0.2) is 42.0 Å². The molecule has 0 spiro atoms. The van der Waals surface area contributed by atoms with Crippen LogP contribution in [0.4, 0.5) is 0 Å². The Hall–Kier alpha value is -0.890. The predicted octanol–water partition coefficient (Wildman–Crippen LogP) is -0.216. The molecule has 0 aliphatic carbocycles. The molecule has 0 unspecified atom stereocenters. The zero-order chi connectivity index (χ0) is 12.6. The molecule has 0 radical (unpaired) electrons. The van der Waals surface area contributed by atoms with Crippen molar-refractivity contribution < 1.29 is 13.5 Å². The lowest BCUT2D eigenvalue weighted by atomic mass is 10.3. The van der Waals surface area contributed by atoms with Crippen molar-refractivity contribution in [1.82, 2.24) is 9.29 Å². The lowest BCUT2D eigenvalue weighted by Crippen LogP contribution is -2.30. The van der Waals surface area contributed by atoms with Crippen LogP contribution in [0.3, 0.4) is 0 Å². The van der Waals surface area contributed by atoms with Gasteiger partial charge >= 0.3 is 0 Å². The summed E-state index contributed by atoms with van der Waals surface area (Å²) in [6.07, 6.45) is 0.882. The van der Waals surface area contributed by atoms with Crippen molar-refractivity contribution in [2.24, 2.45) is 0 Å². The average Bonchev–Trinajstić information content (AvgIpc) is 2.69. The first-order valence-electron chi connectivity index (χ1n) is 4.97. The fraction of sp³-hybridized carbons (Fsp3) is 0.444. The monoisotopic (exact) mass is 278 g/mol. The summed E-state index contributed by atoms with van der Waals surface area (Å²) in [7, 11) is -3.69. The first-order valence-corrected chi connectivity index (χ1v) is 6.79. The Balaban J connectivity index is 2.38. The third-order valence-electron chi connectivity index (χ3n) is 2.60. The van der Waals surface area contributed by atoms with E-state index < -0.39 is 21.7 Å². The van der Waals surface area contributed by atoms with Gasteiger partial charge in [-0.25, -0.2) is 8.42 Å². The zero-order valence-electron chi connectivity index (χ0n) is 8.76. The van der Waals surface area contributed by atoms with Gasteiger partial charge < -0.3 is 10.1 Å². The van der Waals surface area contributed by atoms with Gasteiger partial charge in [0.15, 0.2) is 0 Å². The smallest absolute Gasteiger partial charge is 0.266 e. The molecular formula is C9H11ClN2O4S. The van der Waals surface area contributed by atoms with Gasteiger partial charge in [-0.3, -0.25) is 4.79 Å². The van der Waals surface area contributed by atoms with Crippen LogP contribution in [0.15, 0.2) is 22.0 Å². The fourth-order valence-electron chi connectivity index (χ4n) is 1.66. The Morgan fingerprint density at radius 3 is 2.76 bits per heavy atom. The topological polar surface area (TPSA) is 90.5 Å². The Morgan fingerprint density at radius 2 is 2.24 bits per heavy atom. The minimum atomic E-state index is -3.69. The third kappa shape index (κ3) is 2.37. The van der Waals surface area contributed by atoms with Crippen LogP contribution < -0.4 is 5.56 Å². The highest BCUT2D eigenvalue weighted by Gasteiger charge is 2.31. The van der Waals surface area contributed by atoms with E-state index in [0.29, 0.717) is 6.42 Å². The summed E-state index contributed by atoms with van der Waals surface area (Å²) in [5, 5.41) is 9.14. The molecule has 2 heterocycles. The van der Waals surface area contributed by atoms with E-state index in [2.05, 4.69) is 4.98 Å². The number of H-pyrrole nitrogens is 1. The van der Waals surface area contributed by atoms with E-state index >= 15 is 0 Å². The highest BCUT2D eigenvalue weighted by atomic mass is 35.5. The van der Waals surface area contributed by atoms with Crippen LogP contribution in [-0.2, 0) is 10.0 Å². The van der Waals surface area contributed by atoms with Crippen molar-refractivity contribution in [2.75, 3.05) is 13.1 Å². The standard InChI is InChI=1S/C9H11ClN2O4S/c10-8-3-7(4-11-9(8)14)17(15,16)12-2-1-6(13)5-12/h3-4,6,13H,1-2,5H2,(H,11,14)/t6-/m0/s1. The molecule has 0 aromatic carbocycles. The Morgan fingerprint density at radius 1 is 1.53 bits per heavy atom. The number of pyridine rings is 1. The molecule has 2 rings (SSSR count). The van der Waals surface area contributed by atoms with Crippen molar-refractivity contribution >= 4 is 21.6 Å². The van der Waals surface area contributed by atoms with Gasteiger partial charge in [0.25, 0.3) is 5.56 Å². The van der Waals surface area contributed by atoms with Crippen molar-refractivity contribution in [1.29, 1.82) is 0 Å². The van der Waals surface area contributed by atoms with E-state index in [1.165, 1.54) is 4.31 Å². The second-order valence-electron chi connectivity index (χ2n) is 3.82.